The smallest absolute Gasteiger partial charge is 0.327 e. The van der Waals surface area contributed by atoms with Crippen molar-refractivity contribution >= 4 is 16.0 Å². The van der Waals surface area contributed by atoms with Gasteiger partial charge in [-0.2, -0.15) is 4.72 Å². The van der Waals surface area contributed by atoms with Crippen molar-refractivity contribution in [3.8, 4) is 11.5 Å². The number of hydrogen-bond acceptors (Lipinski definition) is 7. The third-order valence-electron chi connectivity index (χ3n) is 3.94. The van der Waals surface area contributed by atoms with E-state index in [9.17, 15) is 22.7 Å². The standard InChI is InChI=1S/C17H16FNO6S.H3NO/c18-12-1-3-13(4-2-12)25-14-5-7-15(8-6-14)26(22,23)19-17(16(20)21)9-10-24-11-17;1-2/h1-8,19H,9-11H2,(H,20,21);2H,1H2/t17-;/m1./s1. The average molecular weight is 414 g/mol. The molecule has 11 heteroatoms. The molecule has 0 aliphatic carbocycles. The van der Waals surface area contributed by atoms with Gasteiger partial charge in [-0.1, -0.05) is 0 Å². The number of carboxylic acid groups (broad SMARTS) is 1. The Morgan fingerprint density at radius 2 is 1.64 bits per heavy atom. The number of hydrogen-bond donors (Lipinski definition) is 4. The predicted molar refractivity (Wildman–Crippen MR) is 95.0 cm³/mol. The lowest BCUT2D eigenvalue weighted by Crippen LogP contribution is -2.54. The monoisotopic (exact) mass is 414 g/mol. The fraction of sp³-hybridized carbons (Fsp3) is 0.235. The van der Waals surface area contributed by atoms with Crippen LogP contribution in [0.3, 0.4) is 0 Å². The van der Waals surface area contributed by atoms with Crippen LogP contribution in [0.2, 0.25) is 0 Å². The normalized spacial score (nSPS) is 18.8. The maximum absolute atomic E-state index is 12.9. The highest BCUT2D eigenvalue weighted by atomic mass is 32.2. The number of sulfonamides is 1. The second kappa shape index (κ2) is 9.08. The first-order valence-electron chi connectivity index (χ1n) is 7.95. The summed E-state index contributed by atoms with van der Waals surface area (Å²) >= 11 is 0. The van der Waals surface area contributed by atoms with Gasteiger partial charge < -0.3 is 19.8 Å². The van der Waals surface area contributed by atoms with Crippen LogP contribution >= 0.6 is 0 Å². The van der Waals surface area contributed by atoms with Gasteiger partial charge in [0, 0.05) is 13.0 Å². The largest absolute Gasteiger partial charge is 0.480 e. The van der Waals surface area contributed by atoms with Crippen LogP contribution in [0.25, 0.3) is 0 Å². The third kappa shape index (κ3) is 5.03. The molecular formula is C17H19FN2O7S. The molecule has 9 nitrogen and oxygen atoms in total. The lowest BCUT2D eigenvalue weighted by Gasteiger charge is -2.23. The van der Waals surface area contributed by atoms with Crippen LogP contribution in [0.1, 0.15) is 6.42 Å². The summed E-state index contributed by atoms with van der Waals surface area (Å²) in [5, 5.41) is 15.8. The molecule has 5 N–H and O–H groups in total. The molecule has 0 radical (unpaired) electrons. The van der Waals surface area contributed by atoms with Gasteiger partial charge in [0.05, 0.1) is 11.5 Å². The van der Waals surface area contributed by atoms with Gasteiger partial charge in [-0.25, -0.2) is 18.7 Å². The van der Waals surface area contributed by atoms with Crippen molar-refractivity contribution in [2.45, 2.75) is 16.9 Å². The Kier molecular flexibility index (Phi) is 7.05. The van der Waals surface area contributed by atoms with Gasteiger partial charge >= 0.3 is 5.97 Å². The van der Waals surface area contributed by atoms with Crippen LogP contribution in [-0.2, 0) is 19.6 Å². The first-order chi connectivity index (χ1) is 13.3. The topological polar surface area (TPSA) is 148 Å². The van der Waals surface area contributed by atoms with E-state index in [2.05, 4.69) is 10.6 Å². The number of benzene rings is 2. The Morgan fingerprint density at radius 3 is 2.11 bits per heavy atom. The van der Waals surface area contributed by atoms with Crippen LogP contribution in [-0.4, -0.2) is 43.5 Å². The lowest BCUT2D eigenvalue weighted by atomic mass is 10.0. The summed E-state index contributed by atoms with van der Waals surface area (Å²) in [6.45, 7) is -0.0629. The van der Waals surface area contributed by atoms with Crippen molar-refractivity contribution in [3.05, 3.63) is 54.3 Å². The van der Waals surface area contributed by atoms with Crippen molar-refractivity contribution in [2.75, 3.05) is 13.2 Å². The Hall–Kier alpha value is -2.57. The van der Waals surface area contributed by atoms with E-state index in [4.69, 9.17) is 14.7 Å². The summed E-state index contributed by atoms with van der Waals surface area (Å²) < 4.78 is 50.6. The minimum atomic E-state index is -4.06. The highest BCUT2D eigenvalue weighted by Crippen LogP contribution is 2.25. The molecule has 152 valence electrons. The molecular weight excluding hydrogens is 395 g/mol. The molecule has 1 aliphatic heterocycles. The molecule has 1 atom stereocenters. The fourth-order valence-corrected chi connectivity index (χ4v) is 3.87. The van der Waals surface area contributed by atoms with E-state index in [1.54, 1.807) is 0 Å². The second-order valence-corrected chi connectivity index (χ2v) is 7.51. The average Bonchev–Trinajstić information content (AvgIpc) is 3.15. The number of nitrogens with two attached hydrogens (primary N) is 1. The van der Waals surface area contributed by atoms with E-state index in [1.165, 1.54) is 48.5 Å². The van der Waals surface area contributed by atoms with Crippen LogP contribution in [0.5, 0.6) is 11.5 Å². The van der Waals surface area contributed by atoms with E-state index < -0.39 is 27.3 Å². The molecule has 0 bridgehead atoms. The van der Waals surface area contributed by atoms with Crippen molar-refractivity contribution in [1.29, 1.82) is 0 Å². The molecule has 0 amide bonds. The molecule has 28 heavy (non-hydrogen) atoms. The van der Waals surface area contributed by atoms with Gasteiger partial charge in [0.25, 0.3) is 0 Å². The van der Waals surface area contributed by atoms with Gasteiger partial charge in [0.2, 0.25) is 10.0 Å². The Labute approximate surface area is 160 Å². The summed E-state index contributed by atoms with van der Waals surface area (Å²) in [5.74, 6) is 2.57. The molecule has 2 aromatic rings. The van der Waals surface area contributed by atoms with Gasteiger partial charge in [0.1, 0.15) is 17.3 Å². The molecule has 2 aromatic carbocycles. The molecule has 1 fully saturated rings. The van der Waals surface area contributed by atoms with Crippen LogP contribution in [0.15, 0.2) is 53.4 Å². The first kappa shape index (κ1) is 21.7. The molecule has 0 saturated carbocycles. The molecule has 1 aliphatic rings. The number of halogens is 1. The van der Waals surface area contributed by atoms with E-state index in [1.807, 2.05) is 0 Å². The highest BCUT2D eigenvalue weighted by Gasteiger charge is 2.46. The third-order valence-corrected chi connectivity index (χ3v) is 5.50. The van der Waals surface area contributed by atoms with Crippen LogP contribution in [0.4, 0.5) is 4.39 Å². The molecule has 0 unspecified atom stereocenters. The fourth-order valence-electron chi connectivity index (χ4n) is 2.50. The van der Waals surface area contributed by atoms with Gasteiger partial charge in [-0.15, -0.1) is 0 Å². The van der Waals surface area contributed by atoms with Gasteiger partial charge in [-0.05, 0) is 48.5 Å². The number of carbonyl (C=O) groups is 1. The Bertz CT molecular complexity index is 896. The van der Waals surface area contributed by atoms with E-state index in [-0.39, 0.29) is 24.5 Å². The van der Waals surface area contributed by atoms with Crippen molar-refractivity contribution < 1.29 is 37.4 Å². The van der Waals surface area contributed by atoms with E-state index >= 15 is 0 Å². The van der Waals surface area contributed by atoms with Crippen molar-refractivity contribution in [3.63, 3.8) is 0 Å². The van der Waals surface area contributed by atoms with Crippen molar-refractivity contribution in [2.24, 2.45) is 5.90 Å². The minimum absolute atomic E-state index is 0.0489. The van der Waals surface area contributed by atoms with Crippen LogP contribution in [0, 0.1) is 5.82 Å². The number of ether oxygens (including phenoxy) is 2. The Balaban J connectivity index is 0.00000136. The number of rotatable bonds is 6. The van der Waals surface area contributed by atoms with Crippen molar-refractivity contribution in [1.82, 2.24) is 4.72 Å². The zero-order valence-electron chi connectivity index (χ0n) is 14.5. The molecule has 3 rings (SSSR count). The molecule has 0 aromatic heterocycles. The van der Waals surface area contributed by atoms with E-state index in [0.29, 0.717) is 11.5 Å². The SMILES string of the molecule is NO.O=C(O)[C@@]1(NS(=O)(=O)c2ccc(Oc3ccc(F)cc3)cc2)CCOC1. The predicted octanol–water partition coefficient (Wildman–Crippen LogP) is 1.47. The number of aliphatic carboxylic acids is 1. The molecule has 1 heterocycles. The number of carboxylic acids is 1. The lowest BCUT2D eigenvalue weighted by molar-refractivity contribution is -0.144. The van der Waals surface area contributed by atoms with Gasteiger partial charge in [0.15, 0.2) is 5.54 Å². The maximum atomic E-state index is 12.9. The molecule has 0 spiro atoms. The first-order valence-corrected chi connectivity index (χ1v) is 9.44. The van der Waals surface area contributed by atoms with Crippen LogP contribution < -0.4 is 15.4 Å². The zero-order valence-corrected chi connectivity index (χ0v) is 15.4. The summed E-state index contributed by atoms with van der Waals surface area (Å²) in [5.41, 5.74) is -1.66. The Morgan fingerprint density at radius 1 is 1.11 bits per heavy atom. The summed E-state index contributed by atoms with van der Waals surface area (Å²) in [6, 6.07) is 10.8. The minimum Gasteiger partial charge on any atom is -0.480 e. The molecule has 1 saturated heterocycles. The summed E-state index contributed by atoms with van der Waals surface area (Å²) in [6.07, 6.45) is 0.0489. The second-order valence-electron chi connectivity index (χ2n) is 5.82. The maximum Gasteiger partial charge on any atom is 0.327 e. The van der Waals surface area contributed by atoms with Gasteiger partial charge in [-0.3, -0.25) is 4.79 Å². The quantitative estimate of drug-likeness (QED) is 0.520. The zero-order chi connectivity index (χ0) is 20.8. The highest BCUT2D eigenvalue weighted by molar-refractivity contribution is 7.89. The number of nitrogens with one attached hydrogen (secondary N) is 1. The summed E-state index contributed by atoms with van der Waals surface area (Å²) in [4.78, 5) is 11.4. The van der Waals surface area contributed by atoms with E-state index in [0.717, 1.165) is 0 Å². The summed E-state index contributed by atoms with van der Waals surface area (Å²) in [7, 11) is -4.06.